The number of nitro groups is 1. The maximum absolute atomic E-state index is 11.0. The van der Waals surface area contributed by atoms with Crippen molar-refractivity contribution in [3.8, 4) is 0 Å². The van der Waals surface area contributed by atoms with E-state index in [0.717, 1.165) is 19.5 Å². The molecule has 1 heterocycles. The summed E-state index contributed by atoms with van der Waals surface area (Å²) >= 11 is 5.59. The van der Waals surface area contributed by atoms with Crippen LogP contribution in [0.4, 0.5) is 5.69 Å². The highest BCUT2D eigenvalue weighted by Gasteiger charge is 2.20. The van der Waals surface area contributed by atoms with Crippen molar-refractivity contribution in [3.63, 3.8) is 0 Å². The quantitative estimate of drug-likeness (QED) is 0.424. The molecule has 1 aromatic heterocycles. The van der Waals surface area contributed by atoms with Gasteiger partial charge in [0.1, 0.15) is 16.8 Å². The highest BCUT2D eigenvalue weighted by molar-refractivity contribution is 6.35. The number of halogens is 1. The SMILES string of the molecule is COC(=O)c1cncc([N+](=O)[O-])c1Cl. The van der Waals surface area contributed by atoms with Gasteiger partial charge in [-0.25, -0.2) is 4.79 Å². The van der Waals surface area contributed by atoms with Crippen LogP contribution in [0.25, 0.3) is 0 Å². The number of rotatable bonds is 2. The van der Waals surface area contributed by atoms with E-state index in [1.165, 1.54) is 0 Å². The Bertz CT molecular complexity index is 393. The number of ether oxygens (including phenoxy) is 1. The van der Waals surface area contributed by atoms with Gasteiger partial charge in [0.25, 0.3) is 0 Å². The Morgan fingerprint density at radius 2 is 2.29 bits per heavy atom. The Labute approximate surface area is 83.6 Å². The van der Waals surface area contributed by atoms with Crippen LogP contribution in [0.5, 0.6) is 0 Å². The Morgan fingerprint density at radius 1 is 1.64 bits per heavy atom. The molecule has 0 amide bonds. The molecule has 74 valence electrons. The van der Waals surface area contributed by atoms with Gasteiger partial charge in [0.05, 0.1) is 12.0 Å². The van der Waals surface area contributed by atoms with E-state index < -0.39 is 16.6 Å². The fourth-order valence-corrected chi connectivity index (χ4v) is 1.06. The lowest BCUT2D eigenvalue weighted by atomic mass is 10.2. The molecule has 0 aliphatic carbocycles. The molecule has 1 aromatic rings. The Kier molecular flexibility index (Phi) is 2.98. The van der Waals surface area contributed by atoms with Gasteiger partial charge in [-0.2, -0.15) is 0 Å². The van der Waals surface area contributed by atoms with E-state index >= 15 is 0 Å². The van der Waals surface area contributed by atoms with Crippen molar-refractivity contribution in [2.45, 2.75) is 0 Å². The number of carbonyl (C=O) groups excluding carboxylic acids is 1. The van der Waals surface area contributed by atoms with Gasteiger partial charge < -0.3 is 4.74 Å². The molecular formula is C7H5ClN2O4. The predicted octanol–water partition coefficient (Wildman–Crippen LogP) is 1.43. The van der Waals surface area contributed by atoms with Crippen molar-refractivity contribution in [1.82, 2.24) is 4.98 Å². The van der Waals surface area contributed by atoms with E-state index in [-0.39, 0.29) is 10.6 Å². The Hall–Kier alpha value is -1.69. The highest BCUT2D eigenvalue weighted by atomic mass is 35.5. The van der Waals surface area contributed by atoms with Gasteiger partial charge in [0.15, 0.2) is 0 Å². The summed E-state index contributed by atoms with van der Waals surface area (Å²) in [7, 11) is 1.15. The predicted molar refractivity (Wildman–Crippen MR) is 47.2 cm³/mol. The molecule has 6 nitrogen and oxygen atoms in total. The van der Waals surface area contributed by atoms with Gasteiger partial charge in [0.2, 0.25) is 0 Å². The molecule has 0 N–H and O–H groups in total. The number of pyridine rings is 1. The molecule has 1 rings (SSSR count). The van der Waals surface area contributed by atoms with E-state index in [2.05, 4.69) is 9.72 Å². The van der Waals surface area contributed by atoms with Crippen LogP contribution < -0.4 is 0 Å². The van der Waals surface area contributed by atoms with Crippen LogP contribution >= 0.6 is 11.6 Å². The number of nitrogens with zero attached hydrogens (tertiary/aromatic N) is 2. The molecule has 0 spiro atoms. The monoisotopic (exact) mass is 216 g/mol. The third-order valence-electron chi connectivity index (χ3n) is 1.46. The van der Waals surface area contributed by atoms with Gasteiger partial charge in [-0.3, -0.25) is 15.1 Å². The largest absolute Gasteiger partial charge is 0.465 e. The zero-order chi connectivity index (χ0) is 10.7. The number of esters is 1. The first kappa shape index (κ1) is 10.4. The van der Waals surface area contributed by atoms with Gasteiger partial charge in [0, 0.05) is 6.20 Å². The fraction of sp³-hybridized carbons (Fsp3) is 0.143. The Morgan fingerprint density at radius 3 is 2.79 bits per heavy atom. The van der Waals surface area contributed by atoms with Crippen LogP contribution in [0, 0.1) is 10.1 Å². The minimum atomic E-state index is -0.758. The molecule has 0 saturated carbocycles. The zero-order valence-electron chi connectivity index (χ0n) is 7.06. The second-order valence-corrected chi connectivity index (χ2v) is 2.65. The van der Waals surface area contributed by atoms with Crippen molar-refractivity contribution < 1.29 is 14.5 Å². The van der Waals surface area contributed by atoms with E-state index in [9.17, 15) is 14.9 Å². The third-order valence-corrected chi connectivity index (χ3v) is 1.86. The van der Waals surface area contributed by atoms with Crippen LogP contribution in [-0.4, -0.2) is 23.0 Å². The lowest BCUT2D eigenvalue weighted by Crippen LogP contribution is -2.04. The molecule has 0 aliphatic heterocycles. The standard InChI is InChI=1S/C7H5ClN2O4/c1-14-7(11)4-2-9-3-5(6(4)8)10(12)13/h2-3H,1H3. The van der Waals surface area contributed by atoms with Crippen molar-refractivity contribution in [2.75, 3.05) is 7.11 Å². The third kappa shape index (κ3) is 1.80. The molecule has 0 atom stereocenters. The van der Waals surface area contributed by atoms with Gasteiger partial charge in [-0.15, -0.1) is 0 Å². The van der Waals surface area contributed by atoms with E-state index in [1.54, 1.807) is 0 Å². The molecule has 0 radical (unpaired) electrons. The number of carbonyl (C=O) groups is 1. The molecule has 14 heavy (non-hydrogen) atoms. The number of aromatic nitrogens is 1. The number of hydrogen-bond donors (Lipinski definition) is 0. The van der Waals surface area contributed by atoms with Crippen LogP contribution in [-0.2, 0) is 4.74 Å². The van der Waals surface area contributed by atoms with E-state index in [4.69, 9.17) is 11.6 Å². The summed E-state index contributed by atoms with van der Waals surface area (Å²) in [6, 6.07) is 0. The summed E-state index contributed by atoms with van der Waals surface area (Å²) in [5, 5.41) is 10.1. The first-order chi connectivity index (χ1) is 6.57. The molecule has 0 aliphatic rings. The first-order valence-electron chi connectivity index (χ1n) is 3.44. The minimum absolute atomic E-state index is 0.122. The van der Waals surface area contributed by atoms with Crippen molar-refractivity contribution >= 4 is 23.3 Å². The molecule has 0 fully saturated rings. The summed E-state index contributed by atoms with van der Waals surface area (Å²) < 4.78 is 4.37. The molecule has 0 saturated heterocycles. The normalized spacial score (nSPS) is 9.57. The maximum Gasteiger partial charge on any atom is 0.341 e. The number of hydrogen-bond acceptors (Lipinski definition) is 5. The van der Waals surface area contributed by atoms with Crippen molar-refractivity contribution in [1.29, 1.82) is 0 Å². The summed E-state index contributed by atoms with van der Waals surface area (Å²) in [5.74, 6) is -0.758. The summed E-state index contributed by atoms with van der Waals surface area (Å²) in [4.78, 5) is 24.2. The molecule has 0 aromatic carbocycles. The lowest BCUT2D eigenvalue weighted by Gasteiger charge is -2.00. The average molecular weight is 217 g/mol. The second kappa shape index (κ2) is 4.01. The van der Waals surface area contributed by atoms with E-state index in [1.807, 2.05) is 0 Å². The minimum Gasteiger partial charge on any atom is -0.465 e. The number of methoxy groups -OCH3 is 1. The smallest absolute Gasteiger partial charge is 0.341 e. The van der Waals surface area contributed by atoms with Crippen molar-refractivity contribution in [3.05, 3.63) is 33.1 Å². The molecule has 7 heteroatoms. The second-order valence-electron chi connectivity index (χ2n) is 2.27. The Balaban J connectivity index is 3.27. The zero-order valence-corrected chi connectivity index (χ0v) is 7.82. The summed E-state index contributed by atoms with van der Waals surface area (Å²) in [6.07, 6.45) is 2.08. The topological polar surface area (TPSA) is 82.3 Å². The van der Waals surface area contributed by atoms with Crippen LogP contribution in [0.1, 0.15) is 10.4 Å². The highest BCUT2D eigenvalue weighted by Crippen LogP contribution is 2.26. The molecule has 0 bridgehead atoms. The molecular weight excluding hydrogens is 212 g/mol. The van der Waals surface area contributed by atoms with Gasteiger partial charge in [-0.05, 0) is 0 Å². The average Bonchev–Trinajstić information content (AvgIpc) is 2.16. The van der Waals surface area contributed by atoms with Crippen LogP contribution in [0.3, 0.4) is 0 Å². The molecule has 0 unspecified atom stereocenters. The van der Waals surface area contributed by atoms with E-state index in [0.29, 0.717) is 0 Å². The first-order valence-corrected chi connectivity index (χ1v) is 3.82. The van der Waals surface area contributed by atoms with Gasteiger partial charge in [-0.1, -0.05) is 11.6 Å². The lowest BCUT2D eigenvalue weighted by molar-refractivity contribution is -0.385. The van der Waals surface area contributed by atoms with Crippen LogP contribution in [0.15, 0.2) is 12.4 Å². The van der Waals surface area contributed by atoms with Crippen molar-refractivity contribution in [2.24, 2.45) is 0 Å². The van der Waals surface area contributed by atoms with Crippen LogP contribution in [0.2, 0.25) is 5.02 Å². The summed E-state index contributed by atoms with van der Waals surface area (Å²) in [6.45, 7) is 0. The summed E-state index contributed by atoms with van der Waals surface area (Å²) in [5.41, 5.74) is -0.544. The van der Waals surface area contributed by atoms with Gasteiger partial charge >= 0.3 is 11.7 Å². The maximum atomic E-state index is 11.0. The fourth-order valence-electron chi connectivity index (χ4n) is 0.813.